The van der Waals surface area contributed by atoms with Gasteiger partial charge < -0.3 is 9.47 Å². The molecule has 0 radical (unpaired) electrons. The van der Waals surface area contributed by atoms with Crippen molar-refractivity contribution in [3.05, 3.63) is 0 Å². The molecule has 4 heteroatoms. The minimum Gasteiger partial charge on any atom is -0.466 e. The van der Waals surface area contributed by atoms with Crippen LogP contribution in [0.2, 0.25) is 0 Å². The van der Waals surface area contributed by atoms with Gasteiger partial charge in [0.1, 0.15) is 0 Å². The van der Waals surface area contributed by atoms with Crippen LogP contribution in [-0.4, -0.2) is 25.2 Å². The van der Waals surface area contributed by atoms with E-state index < -0.39 is 0 Å². The summed E-state index contributed by atoms with van der Waals surface area (Å²) in [6, 6.07) is 0. The molecule has 0 aliphatic rings. The summed E-state index contributed by atoms with van der Waals surface area (Å²) in [5.41, 5.74) is 0. The van der Waals surface area contributed by atoms with Crippen LogP contribution < -0.4 is 0 Å². The summed E-state index contributed by atoms with van der Waals surface area (Å²) in [6.45, 7) is 9.99. The molecule has 4 nitrogen and oxygen atoms in total. The molecule has 2 unspecified atom stereocenters. The fourth-order valence-electron chi connectivity index (χ4n) is 5.24. The first-order valence-electron chi connectivity index (χ1n) is 16.4. The molecular weight excluding hydrogens is 460 g/mol. The van der Waals surface area contributed by atoms with E-state index in [0.29, 0.717) is 25.6 Å². The molecule has 0 amide bonds. The molecule has 0 spiro atoms. The van der Waals surface area contributed by atoms with E-state index in [0.717, 1.165) is 44.9 Å². The summed E-state index contributed by atoms with van der Waals surface area (Å²) < 4.78 is 11.0. The van der Waals surface area contributed by atoms with Gasteiger partial charge in [-0.25, -0.2) is 0 Å². The van der Waals surface area contributed by atoms with Crippen molar-refractivity contribution in [1.29, 1.82) is 0 Å². The van der Waals surface area contributed by atoms with Crippen molar-refractivity contribution in [2.45, 2.75) is 175 Å². The molecule has 0 N–H and O–H groups in total. The molecule has 0 fully saturated rings. The molecule has 0 saturated heterocycles. The normalized spacial score (nSPS) is 12.9. The lowest BCUT2D eigenvalue weighted by Crippen LogP contribution is -2.25. The Labute approximate surface area is 231 Å². The summed E-state index contributed by atoms with van der Waals surface area (Å²) >= 11 is 0. The number of unbranched alkanes of at least 4 members (excludes halogenated alkanes) is 16. The van der Waals surface area contributed by atoms with Gasteiger partial charge >= 0.3 is 11.9 Å². The molecule has 220 valence electrons. The van der Waals surface area contributed by atoms with Gasteiger partial charge in [-0.05, 0) is 38.0 Å². The lowest BCUT2D eigenvalue weighted by molar-refractivity contribution is -0.151. The molecule has 0 rings (SSSR count). The van der Waals surface area contributed by atoms with E-state index in [1.165, 1.54) is 96.3 Å². The van der Waals surface area contributed by atoms with E-state index in [2.05, 4.69) is 27.7 Å². The molecule has 0 aromatic carbocycles. The smallest absolute Gasteiger partial charge is 0.309 e. The van der Waals surface area contributed by atoms with Crippen molar-refractivity contribution < 1.29 is 19.1 Å². The largest absolute Gasteiger partial charge is 0.466 e. The molecular formula is C33H64O4. The number of rotatable bonds is 28. The van der Waals surface area contributed by atoms with Gasteiger partial charge in [0.2, 0.25) is 0 Å². The average Bonchev–Trinajstić information content (AvgIpc) is 2.90. The Balaban J connectivity index is 3.74. The van der Waals surface area contributed by atoms with E-state index >= 15 is 0 Å². The molecule has 0 aromatic heterocycles. The Morgan fingerprint density at radius 2 is 0.973 bits per heavy atom. The maximum atomic E-state index is 12.7. The van der Waals surface area contributed by atoms with Crippen LogP contribution in [0.5, 0.6) is 0 Å². The minimum absolute atomic E-state index is 0.0184. The highest BCUT2D eigenvalue weighted by Gasteiger charge is 2.26. The van der Waals surface area contributed by atoms with Crippen LogP contribution in [-0.2, 0) is 19.1 Å². The van der Waals surface area contributed by atoms with Crippen LogP contribution in [0.25, 0.3) is 0 Å². The highest BCUT2D eigenvalue weighted by atomic mass is 16.5. The van der Waals surface area contributed by atoms with Crippen molar-refractivity contribution in [3.63, 3.8) is 0 Å². The molecule has 0 aliphatic heterocycles. The Kier molecular flexibility index (Phi) is 27.2. The van der Waals surface area contributed by atoms with Crippen LogP contribution in [0.3, 0.4) is 0 Å². The zero-order valence-electron chi connectivity index (χ0n) is 25.5. The highest BCUT2D eigenvalue weighted by Crippen LogP contribution is 2.27. The first-order chi connectivity index (χ1) is 18.1. The van der Waals surface area contributed by atoms with E-state index in [1.54, 1.807) is 0 Å². The van der Waals surface area contributed by atoms with Crippen molar-refractivity contribution in [2.75, 3.05) is 13.2 Å². The minimum atomic E-state index is -0.0184. The van der Waals surface area contributed by atoms with Crippen LogP contribution in [0.15, 0.2) is 0 Å². The Bertz CT molecular complexity index is 505. The van der Waals surface area contributed by atoms with Gasteiger partial charge in [-0.1, -0.05) is 137 Å². The second-order valence-electron chi connectivity index (χ2n) is 11.1. The standard InChI is InChI=1S/C33H64O4/c1-5-9-11-13-20-24-28-36-32(34)27-23-19-17-15-16-18-22-26-30(7-3)31(8-4)33(35)37-29-25-21-14-12-10-6-2/h30-31H,5-29H2,1-4H3. The zero-order valence-corrected chi connectivity index (χ0v) is 25.5. The third-order valence-corrected chi connectivity index (χ3v) is 7.79. The quantitative estimate of drug-likeness (QED) is 0.0754. The lowest BCUT2D eigenvalue weighted by atomic mass is 9.84. The molecule has 0 heterocycles. The zero-order chi connectivity index (χ0) is 27.4. The fourth-order valence-corrected chi connectivity index (χ4v) is 5.24. The second kappa shape index (κ2) is 28.0. The molecule has 37 heavy (non-hydrogen) atoms. The first kappa shape index (κ1) is 35.9. The summed E-state index contributed by atoms with van der Waals surface area (Å²) in [5.74, 6) is 0.527. The summed E-state index contributed by atoms with van der Waals surface area (Å²) in [5, 5.41) is 0. The molecule has 2 atom stereocenters. The van der Waals surface area contributed by atoms with Crippen molar-refractivity contribution in [1.82, 2.24) is 0 Å². The average molecular weight is 525 g/mol. The fraction of sp³-hybridized carbons (Fsp3) is 0.939. The van der Waals surface area contributed by atoms with E-state index in [4.69, 9.17) is 9.47 Å². The van der Waals surface area contributed by atoms with Crippen LogP contribution in [0, 0.1) is 11.8 Å². The maximum absolute atomic E-state index is 12.7. The number of hydrogen-bond acceptors (Lipinski definition) is 4. The maximum Gasteiger partial charge on any atom is 0.309 e. The third-order valence-electron chi connectivity index (χ3n) is 7.79. The van der Waals surface area contributed by atoms with E-state index in [1.807, 2.05) is 0 Å². The summed E-state index contributed by atoms with van der Waals surface area (Å²) in [6.07, 6.45) is 26.5. The predicted molar refractivity (Wildman–Crippen MR) is 158 cm³/mol. The van der Waals surface area contributed by atoms with Gasteiger partial charge in [-0.3, -0.25) is 9.59 Å². The van der Waals surface area contributed by atoms with Crippen LogP contribution in [0.1, 0.15) is 175 Å². The molecule has 0 saturated carbocycles. The first-order valence-corrected chi connectivity index (χ1v) is 16.4. The predicted octanol–water partition coefficient (Wildman–Crippen LogP) is 10.4. The SMILES string of the molecule is CCCCCCCCOC(=O)CCCCCCCCCC(CC)C(CC)C(=O)OCCCCCCCC. The molecule has 0 aromatic rings. The second-order valence-corrected chi connectivity index (χ2v) is 11.1. The number of hydrogen-bond donors (Lipinski definition) is 0. The lowest BCUT2D eigenvalue weighted by Gasteiger charge is -2.23. The van der Waals surface area contributed by atoms with Crippen molar-refractivity contribution >= 4 is 11.9 Å². The van der Waals surface area contributed by atoms with Crippen molar-refractivity contribution in [2.24, 2.45) is 11.8 Å². The summed E-state index contributed by atoms with van der Waals surface area (Å²) in [7, 11) is 0. The van der Waals surface area contributed by atoms with Gasteiger partial charge in [-0.2, -0.15) is 0 Å². The van der Waals surface area contributed by atoms with Crippen LogP contribution in [0.4, 0.5) is 0 Å². The highest BCUT2D eigenvalue weighted by molar-refractivity contribution is 5.72. The topological polar surface area (TPSA) is 52.6 Å². The number of esters is 2. The van der Waals surface area contributed by atoms with Crippen LogP contribution >= 0.6 is 0 Å². The van der Waals surface area contributed by atoms with Gasteiger partial charge in [0.05, 0.1) is 19.1 Å². The van der Waals surface area contributed by atoms with E-state index in [-0.39, 0.29) is 17.9 Å². The van der Waals surface area contributed by atoms with Crippen molar-refractivity contribution in [3.8, 4) is 0 Å². The summed E-state index contributed by atoms with van der Waals surface area (Å²) in [4.78, 5) is 24.5. The van der Waals surface area contributed by atoms with Gasteiger partial charge in [0, 0.05) is 6.42 Å². The van der Waals surface area contributed by atoms with Gasteiger partial charge in [-0.15, -0.1) is 0 Å². The third kappa shape index (κ3) is 22.6. The number of carbonyl (C=O) groups excluding carboxylic acids is 2. The monoisotopic (exact) mass is 524 g/mol. The number of ether oxygens (including phenoxy) is 2. The number of carbonyl (C=O) groups is 2. The van der Waals surface area contributed by atoms with E-state index in [9.17, 15) is 9.59 Å². The van der Waals surface area contributed by atoms with Gasteiger partial charge in [0.25, 0.3) is 0 Å². The van der Waals surface area contributed by atoms with Gasteiger partial charge in [0.15, 0.2) is 0 Å². The Morgan fingerprint density at radius 1 is 0.514 bits per heavy atom. The molecule has 0 aliphatic carbocycles. The Hall–Kier alpha value is -1.06. The Morgan fingerprint density at radius 3 is 1.49 bits per heavy atom. The molecule has 0 bridgehead atoms.